The second kappa shape index (κ2) is 7.80. The van der Waals surface area contributed by atoms with Gasteiger partial charge in [0, 0.05) is 36.6 Å². The van der Waals surface area contributed by atoms with Gasteiger partial charge in [0.15, 0.2) is 0 Å². The van der Waals surface area contributed by atoms with Crippen molar-refractivity contribution in [2.24, 2.45) is 0 Å². The molecule has 1 unspecified atom stereocenters. The first-order valence-corrected chi connectivity index (χ1v) is 9.54. The topological polar surface area (TPSA) is 75.9 Å². The standard InChI is InChI=1S/C21H24N6O/c1-15-5-6-18(10-16(15)2)25-19-4-3-9-26(12-19)21(28)17-7-8-22-20(11-17)27-13-23-24-14-27/h5-8,10-11,13-14,19,25H,3-4,9,12H2,1-2H3. The number of aromatic nitrogens is 4. The zero-order valence-corrected chi connectivity index (χ0v) is 16.2. The van der Waals surface area contributed by atoms with E-state index < -0.39 is 0 Å². The Morgan fingerprint density at radius 3 is 2.71 bits per heavy atom. The minimum Gasteiger partial charge on any atom is -0.381 e. The predicted octanol–water partition coefficient (Wildman–Crippen LogP) is 3.00. The molecule has 0 bridgehead atoms. The van der Waals surface area contributed by atoms with Crippen LogP contribution in [-0.4, -0.2) is 49.7 Å². The van der Waals surface area contributed by atoms with E-state index in [2.05, 4.69) is 52.5 Å². The molecule has 0 spiro atoms. The molecule has 1 atom stereocenters. The zero-order chi connectivity index (χ0) is 19.5. The lowest BCUT2D eigenvalue weighted by atomic mass is 10.0. The van der Waals surface area contributed by atoms with Crippen LogP contribution in [0.1, 0.15) is 34.3 Å². The number of carbonyl (C=O) groups excluding carboxylic acids is 1. The summed E-state index contributed by atoms with van der Waals surface area (Å²) in [5, 5.41) is 11.2. The van der Waals surface area contributed by atoms with Crippen molar-refractivity contribution in [3.05, 3.63) is 65.9 Å². The third-order valence-corrected chi connectivity index (χ3v) is 5.26. The quantitative estimate of drug-likeness (QED) is 0.758. The van der Waals surface area contributed by atoms with Gasteiger partial charge < -0.3 is 10.2 Å². The smallest absolute Gasteiger partial charge is 0.254 e. The second-order valence-corrected chi connectivity index (χ2v) is 7.31. The minimum absolute atomic E-state index is 0.0308. The summed E-state index contributed by atoms with van der Waals surface area (Å²) >= 11 is 0. The Morgan fingerprint density at radius 1 is 1.11 bits per heavy atom. The highest BCUT2D eigenvalue weighted by Gasteiger charge is 2.25. The Balaban J connectivity index is 1.46. The number of pyridine rings is 1. The van der Waals surface area contributed by atoms with E-state index >= 15 is 0 Å². The fourth-order valence-corrected chi connectivity index (χ4v) is 3.54. The molecule has 144 valence electrons. The molecule has 1 aliphatic heterocycles. The van der Waals surface area contributed by atoms with Gasteiger partial charge in [-0.25, -0.2) is 4.98 Å². The molecular formula is C21H24N6O. The molecule has 1 amide bonds. The van der Waals surface area contributed by atoms with Gasteiger partial charge in [0.05, 0.1) is 0 Å². The van der Waals surface area contributed by atoms with Gasteiger partial charge in [-0.3, -0.25) is 9.36 Å². The van der Waals surface area contributed by atoms with Crippen molar-refractivity contribution in [3.8, 4) is 5.82 Å². The monoisotopic (exact) mass is 376 g/mol. The number of amides is 1. The SMILES string of the molecule is Cc1ccc(NC2CCCN(C(=O)c3ccnc(-n4cnnc4)c3)C2)cc1C. The number of likely N-dealkylation sites (tertiary alicyclic amines) is 1. The van der Waals surface area contributed by atoms with Gasteiger partial charge in [0.25, 0.3) is 5.91 Å². The number of nitrogens with one attached hydrogen (secondary N) is 1. The number of anilines is 1. The van der Waals surface area contributed by atoms with Crippen LogP contribution in [-0.2, 0) is 0 Å². The molecule has 0 aliphatic carbocycles. The van der Waals surface area contributed by atoms with Crippen LogP contribution in [0.3, 0.4) is 0 Å². The maximum absolute atomic E-state index is 13.0. The van der Waals surface area contributed by atoms with Crippen molar-refractivity contribution >= 4 is 11.6 Å². The maximum atomic E-state index is 13.0. The summed E-state index contributed by atoms with van der Waals surface area (Å²) < 4.78 is 1.69. The molecule has 2 aromatic heterocycles. The van der Waals surface area contributed by atoms with Gasteiger partial charge in [-0.2, -0.15) is 0 Å². The molecule has 0 radical (unpaired) electrons. The van der Waals surface area contributed by atoms with Crippen LogP contribution in [0.25, 0.3) is 5.82 Å². The minimum atomic E-state index is 0.0308. The van der Waals surface area contributed by atoms with Crippen LogP contribution in [0, 0.1) is 13.8 Å². The molecule has 7 nitrogen and oxygen atoms in total. The largest absolute Gasteiger partial charge is 0.381 e. The van der Waals surface area contributed by atoms with Gasteiger partial charge >= 0.3 is 0 Å². The van der Waals surface area contributed by atoms with Crippen LogP contribution in [0.2, 0.25) is 0 Å². The first-order chi connectivity index (χ1) is 13.6. The number of hydrogen-bond acceptors (Lipinski definition) is 5. The van der Waals surface area contributed by atoms with Crippen molar-refractivity contribution in [1.29, 1.82) is 0 Å². The maximum Gasteiger partial charge on any atom is 0.254 e. The Hall–Kier alpha value is -3.22. The number of aryl methyl sites for hydroxylation is 2. The normalized spacial score (nSPS) is 16.8. The lowest BCUT2D eigenvalue weighted by Crippen LogP contribution is -2.45. The average Bonchev–Trinajstić information content (AvgIpc) is 3.25. The summed E-state index contributed by atoms with van der Waals surface area (Å²) in [4.78, 5) is 19.3. The number of carbonyl (C=O) groups is 1. The van der Waals surface area contributed by atoms with Crippen LogP contribution >= 0.6 is 0 Å². The molecule has 1 fully saturated rings. The molecule has 28 heavy (non-hydrogen) atoms. The highest BCUT2D eigenvalue weighted by Crippen LogP contribution is 2.20. The van der Waals surface area contributed by atoms with Crippen molar-refractivity contribution in [2.45, 2.75) is 32.7 Å². The lowest BCUT2D eigenvalue weighted by molar-refractivity contribution is 0.0714. The Bertz CT molecular complexity index is 969. The molecule has 1 saturated heterocycles. The lowest BCUT2D eigenvalue weighted by Gasteiger charge is -2.34. The second-order valence-electron chi connectivity index (χ2n) is 7.31. The summed E-state index contributed by atoms with van der Waals surface area (Å²) in [6, 6.07) is 10.2. The summed E-state index contributed by atoms with van der Waals surface area (Å²) in [5.74, 6) is 0.668. The van der Waals surface area contributed by atoms with E-state index in [1.807, 2.05) is 4.90 Å². The molecule has 1 aliphatic rings. The molecule has 3 heterocycles. The van der Waals surface area contributed by atoms with Crippen molar-refractivity contribution in [2.75, 3.05) is 18.4 Å². The third kappa shape index (κ3) is 3.88. The van der Waals surface area contributed by atoms with Crippen LogP contribution in [0.5, 0.6) is 0 Å². The van der Waals surface area contributed by atoms with Crippen LogP contribution in [0.4, 0.5) is 5.69 Å². The Kier molecular flexibility index (Phi) is 5.06. The molecule has 1 aromatic carbocycles. The van der Waals surface area contributed by atoms with E-state index in [0.717, 1.165) is 25.1 Å². The predicted molar refractivity (Wildman–Crippen MR) is 108 cm³/mol. The van der Waals surface area contributed by atoms with Gasteiger partial charge in [-0.05, 0) is 62.1 Å². The van der Waals surface area contributed by atoms with Crippen molar-refractivity contribution in [3.63, 3.8) is 0 Å². The average molecular weight is 376 g/mol. The van der Waals surface area contributed by atoms with Crippen LogP contribution in [0.15, 0.2) is 49.2 Å². The first kappa shape index (κ1) is 18.2. The van der Waals surface area contributed by atoms with E-state index in [4.69, 9.17) is 0 Å². The van der Waals surface area contributed by atoms with E-state index in [-0.39, 0.29) is 11.9 Å². The van der Waals surface area contributed by atoms with Gasteiger partial charge in [-0.1, -0.05) is 6.07 Å². The van der Waals surface area contributed by atoms with Gasteiger partial charge in [-0.15, -0.1) is 10.2 Å². The van der Waals surface area contributed by atoms with E-state index in [1.165, 1.54) is 11.1 Å². The van der Waals surface area contributed by atoms with Gasteiger partial charge in [0.2, 0.25) is 0 Å². The highest BCUT2D eigenvalue weighted by atomic mass is 16.2. The van der Waals surface area contributed by atoms with Gasteiger partial charge in [0.1, 0.15) is 18.5 Å². The zero-order valence-electron chi connectivity index (χ0n) is 16.2. The fraction of sp³-hybridized carbons (Fsp3) is 0.333. The molecule has 1 N–H and O–H groups in total. The van der Waals surface area contributed by atoms with Crippen LogP contribution < -0.4 is 5.32 Å². The molecule has 7 heteroatoms. The molecular weight excluding hydrogens is 352 g/mol. The number of benzene rings is 1. The fourth-order valence-electron chi connectivity index (χ4n) is 3.54. The summed E-state index contributed by atoms with van der Waals surface area (Å²) in [7, 11) is 0. The Labute approximate surface area is 164 Å². The first-order valence-electron chi connectivity index (χ1n) is 9.54. The molecule has 3 aromatic rings. The third-order valence-electron chi connectivity index (χ3n) is 5.26. The number of hydrogen-bond donors (Lipinski definition) is 1. The molecule has 4 rings (SSSR count). The summed E-state index contributed by atoms with van der Waals surface area (Å²) in [6.45, 7) is 5.70. The summed E-state index contributed by atoms with van der Waals surface area (Å²) in [5.41, 5.74) is 4.30. The van der Waals surface area contributed by atoms with E-state index in [9.17, 15) is 4.79 Å². The number of nitrogens with zero attached hydrogens (tertiary/aromatic N) is 5. The Morgan fingerprint density at radius 2 is 1.93 bits per heavy atom. The van der Waals surface area contributed by atoms with E-state index in [0.29, 0.717) is 17.9 Å². The molecule has 0 saturated carbocycles. The van der Waals surface area contributed by atoms with Crippen molar-refractivity contribution < 1.29 is 4.79 Å². The number of piperidine rings is 1. The summed E-state index contributed by atoms with van der Waals surface area (Å²) in [6.07, 6.45) is 6.83. The number of rotatable bonds is 4. The van der Waals surface area contributed by atoms with Crippen molar-refractivity contribution in [1.82, 2.24) is 24.6 Å². The highest BCUT2D eigenvalue weighted by molar-refractivity contribution is 5.94. The van der Waals surface area contributed by atoms with E-state index in [1.54, 1.807) is 35.6 Å².